The Hall–Kier alpha value is -0.510. The normalized spacial score (nSPS) is 24.8. The van der Waals surface area contributed by atoms with Gasteiger partial charge in [0.25, 0.3) is 0 Å². The zero-order chi connectivity index (χ0) is 11.9. The monoisotopic (exact) mass is 251 g/mol. The Morgan fingerprint density at radius 1 is 1.12 bits per heavy atom. The maximum Gasteiger partial charge on any atom is 0.0541 e. The molecule has 0 saturated heterocycles. The fourth-order valence-corrected chi connectivity index (χ4v) is 3.03. The first kappa shape index (κ1) is 12.9. The van der Waals surface area contributed by atoms with E-state index in [0.29, 0.717) is 6.04 Å². The molecular formula is C14H21NOS. The van der Waals surface area contributed by atoms with Gasteiger partial charge in [-0.15, -0.1) is 11.8 Å². The van der Waals surface area contributed by atoms with E-state index in [1.54, 1.807) is 0 Å². The third-order valence-corrected chi connectivity index (χ3v) is 4.26. The number of thioether (sulfide) groups is 1. The van der Waals surface area contributed by atoms with Gasteiger partial charge in [-0.3, -0.25) is 0 Å². The van der Waals surface area contributed by atoms with Crippen molar-refractivity contribution in [3.05, 3.63) is 30.3 Å². The first-order valence-corrected chi connectivity index (χ1v) is 7.42. The van der Waals surface area contributed by atoms with Crippen LogP contribution in [0.15, 0.2) is 35.2 Å². The van der Waals surface area contributed by atoms with Gasteiger partial charge in [0.15, 0.2) is 0 Å². The van der Waals surface area contributed by atoms with Crippen molar-refractivity contribution in [2.45, 2.75) is 42.7 Å². The van der Waals surface area contributed by atoms with Crippen LogP contribution in [0.3, 0.4) is 0 Å². The molecule has 1 saturated carbocycles. The van der Waals surface area contributed by atoms with E-state index in [9.17, 15) is 5.11 Å². The Balaban J connectivity index is 1.57. The molecule has 94 valence electrons. The van der Waals surface area contributed by atoms with Crippen molar-refractivity contribution in [2.75, 3.05) is 12.3 Å². The summed E-state index contributed by atoms with van der Waals surface area (Å²) >= 11 is 1.90. The molecule has 2 N–H and O–H groups in total. The molecule has 0 aromatic heterocycles. The van der Waals surface area contributed by atoms with E-state index >= 15 is 0 Å². The number of hydrogen-bond donors (Lipinski definition) is 2. The SMILES string of the molecule is OC1CCC(NCCSc2ccccc2)CC1. The predicted molar refractivity (Wildman–Crippen MR) is 73.4 cm³/mol. The molecule has 3 heteroatoms. The molecule has 0 aliphatic heterocycles. The quantitative estimate of drug-likeness (QED) is 0.623. The summed E-state index contributed by atoms with van der Waals surface area (Å²) in [4.78, 5) is 1.34. The molecule has 0 unspecified atom stereocenters. The summed E-state index contributed by atoms with van der Waals surface area (Å²) in [5, 5.41) is 13.0. The lowest BCUT2D eigenvalue weighted by molar-refractivity contribution is 0.117. The highest BCUT2D eigenvalue weighted by atomic mass is 32.2. The maximum atomic E-state index is 9.42. The summed E-state index contributed by atoms with van der Waals surface area (Å²) in [6, 6.07) is 11.1. The van der Waals surface area contributed by atoms with Crippen LogP contribution in [0.1, 0.15) is 25.7 Å². The van der Waals surface area contributed by atoms with Crippen molar-refractivity contribution >= 4 is 11.8 Å². The van der Waals surface area contributed by atoms with Gasteiger partial charge in [-0.25, -0.2) is 0 Å². The van der Waals surface area contributed by atoms with Gasteiger partial charge in [-0.05, 0) is 37.8 Å². The molecular weight excluding hydrogens is 230 g/mol. The number of benzene rings is 1. The minimum Gasteiger partial charge on any atom is -0.393 e. The van der Waals surface area contributed by atoms with Crippen molar-refractivity contribution < 1.29 is 5.11 Å². The molecule has 1 aromatic rings. The third kappa shape index (κ3) is 4.70. The molecule has 1 aromatic carbocycles. The van der Waals surface area contributed by atoms with Gasteiger partial charge in [0.05, 0.1) is 6.10 Å². The molecule has 17 heavy (non-hydrogen) atoms. The van der Waals surface area contributed by atoms with Crippen LogP contribution in [0.25, 0.3) is 0 Å². The van der Waals surface area contributed by atoms with Crippen LogP contribution in [0.5, 0.6) is 0 Å². The van der Waals surface area contributed by atoms with Crippen molar-refractivity contribution in [2.24, 2.45) is 0 Å². The molecule has 0 heterocycles. The smallest absolute Gasteiger partial charge is 0.0541 e. The van der Waals surface area contributed by atoms with Gasteiger partial charge in [0, 0.05) is 23.2 Å². The summed E-state index contributed by atoms with van der Waals surface area (Å²) in [5.41, 5.74) is 0. The molecule has 1 aliphatic rings. The molecule has 1 fully saturated rings. The second-order valence-corrected chi connectivity index (χ2v) is 5.79. The van der Waals surface area contributed by atoms with Gasteiger partial charge in [0.1, 0.15) is 0 Å². The summed E-state index contributed by atoms with van der Waals surface area (Å²) in [6.45, 7) is 1.06. The van der Waals surface area contributed by atoms with Gasteiger partial charge in [0.2, 0.25) is 0 Å². The summed E-state index contributed by atoms with van der Waals surface area (Å²) in [6.07, 6.45) is 4.12. The molecule has 0 spiro atoms. The van der Waals surface area contributed by atoms with Crippen molar-refractivity contribution in [1.82, 2.24) is 5.32 Å². The van der Waals surface area contributed by atoms with Crippen molar-refractivity contribution in [3.63, 3.8) is 0 Å². The highest BCUT2D eigenvalue weighted by Crippen LogP contribution is 2.19. The molecule has 0 radical (unpaired) electrons. The topological polar surface area (TPSA) is 32.3 Å². The van der Waals surface area contributed by atoms with E-state index in [1.807, 2.05) is 11.8 Å². The largest absolute Gasteiger partial charge is 0.393 e. The lowest BCUT2D eigenvalue weighted by Gasteiger charge is -2.26. The van der Waals surface area contributed by atoms with Crippen LogP contribution in [-0.2, 0) is 0 Å². The van der Waals surface area contributed by atoms with E-state index < -0.39 is 0 Å². The zero-order valence-electron chi connectivity index (χ0n) is 10.1. The first-order chi connectivity index (χ1) is 8.34. The Morgan fingerprint density at radius 3 is 2.53 bits per heavy atom. The standard InChI is InChI=1S/C14H21NOS/c16-13-8-6-12(7-9-13)15-10-11-17-14-4-2-1-3-5-14/h1-5,12-13,15-16H,6-11H2. The number of nitrogens with one attached hydrogen (secondary N) is 1. The van der Waals surface area contributed by atoms with Gasteiger partial charge in [-0.2, -0.15) is 0 Å². The molecule has 0 atom stereocenters. The van der Waals surface area contributed by atoms with Crippen LogP contribution in [0, 0.1) is 0 Å². The average Bonchev–Trinajstić information content (AvgIpc) is 2.38. The van der Waals surface area contributed by atoms with Crippen LogP contribution >= 0.6 is 11.8 Å². The van der Waals surface area contributed by atoms with Crippen LogP contribution in [0.2, 0.25) is 0 Å². The summed E-state index contributed by atoms with van der Waals surface area (Å²) < 4.78 is 0. The number of rotatable bonds is 5. The predicted octanol–water partition coefficient (Wildman–Crippen LogP) is 2.67. The average molecular weight is 251 g/mol. The van der Waals surface area contributed by atoms with Gasteiger partial charge < -0.3 is 10.4 Å². The second-order valence-electron chi connectivity index (χ2n) is 4.62. The van der Waals surface area contributed by atoms with E-state index in [1.165, 1.54) is 4.90 Å². The first-order valence-electron chi connectivity index (χ1n) is 6.44. The Morgan fingerprint density at radius 2 is 1.82 bits per heavy atom. The highest BCUT2D eigenvalue weighted by molar-refractivity contribution is 7.99. The van der Waals surface area contributed by atoms with Gasteiger partial charge in [-0.1, -0.05) is 18.2 Å². The number of hydrogen-bond acceptors (Lipinski definition) is 3. The van der Waals surface area contributed by atoms with E-state index in [0.717, 1.165) is 38.0 Å². The summed E-state index contributed by atoms with van der Waals surface area (Å²) in [7, 11) is 0. The highest BCUT2D eigenvalue weighted by Gasteiger charge is 2.18. The van der Waals surface area contributed by atoms with Crippen LogP contribution < -0.4 is 5.32 Å². The fraction of sp³-hybridized carbons (Fsp3) is 0.571. The van der Waals surface area contributed by atoms with Crippen LogP contribution in [-0.4, -0.2) is 29.5 Å². The molecule has 0 bridgehead atoms. The third-order valence-electron chi connectivity index (χ3n) is 3.24. The van der Waals surface area contributed by atoms with Gasteiger partial charge >= 0.3 is 0 Å². The lowest BCUT2D eigenvalue weighted by atomic mass is 9.93. The number of aliphatic hydroxyl groups is 1. The zero-order valence-corrected chi connectivity index (χ0v) is 11.0. The molecule has 1 aliphatic carbocycles. The van der Waals surface area contributed by atoms with Crippen molar-refractivity contribution in [1.29, 1.82) is 0 Å². The second kappa shape index (κ2) is 7.04. The molecule has 0 amide bonds. The molecule has 2 nitrogen and oxygen atoms in total. The summed E-state index contributed by atoms with van der Waals surface area (Å²) in [5.74, 6) is 1.11. The maximum absolute atomic E-state index is 9.42. The minimum atomic E-state index is -0.0493. The minimum absolute atomic E-state index is 0.0493. The number of aliphatic hydroxyl groups excluding tert-OH is 1. The fourth-order valence-electron chi connectivity index (χ4n) is 2.23. The van der Waals surface area contributed by atoms with E-state index in [4.69, 9.17) is 0 Å². The molecule has 2 rings (SSSR count). The van der Waals surface area contributed by atoms with E-state index in [-0.39, 0.29) is 6.10 Å². The lowest BCUT2D eigenvalue weighted by Crippen LogP contribution is -2.35. The Kier molecular flexibility index (Phi) is 5.36. The van der Waals surface area contributed by atoms with E-state index in [2.05, 4.69) is 35.6 Å². The Bertz CT molecular complexity index is 309. The van der Waals surface area contributed by atoms with Crippen LogP contribution in [0.4, 0.5) is 0 Å². The Labute approximate surface area is 108 Å². The van der Waals surface area contributed by atoms with Crippen molar-refractivity contribution in [3.8, 4) is 0 Å².